The number of aryl methyl sites for hydroxylation is 1. The van der Waals surface area contributed by atoms with Gasteiger partial charge in [-0.15, -0.1) is 11.3 Å². The van der Waals surface area contributed by atoms with Crippen molar-refractivity contribution in [2.45, 2.75) is 44.9 Å². The molecule has 1 fully saturated rings. The van der Waals surface area contributed by atoms with Crippen molar-refractivity contribution in [3.63, 3.8) is 0 Å². The van der Waals surface area contributed by atoms with Crippen molar-refractivity contribution in [2.75, 3.05) is 5.32 Å². The smallest absolute Gasteiger partial charge is 0.307 e. The summed E-state index contributed by atoms with van der Waals surface area (Å²) in [5, 5.41) is 13.0. The molecule has 4 rings (SSSR count). The largest absolute Gasteiger partial charge is 0.481 e. The fraction of sp³-hybridized carbons (Fsp3) is 0.550. The van der Waals surface area contributed by atoms with Crippen molar-refractivity contribution in [1.29, 1.82) is 0 Å². The van der Waals surface area contributed by atoms with Gasteiger partial charge in [-0.05, 0) is 49.5 Å². The van der Waals surface area contributed by atoms with Gasteiger partial charge in [-0.1, -0.05) is 25.0 Å². The van der Waals surface area contributed by atoms with Crippen LogP contribution in [0.1, 0.15) is 52.9 Å². The fourth-order valence-corrected chi connectivity index (χ4v) is 6.28. The molecule has 0 aromatic carbocycles. The number of anilines is 1. The van der Waals surface area contributed by atoms with E-state index in [1.54, 1.807) is 0 Å². The van der Waals surface area contributed by atoms with Crippen LogP contribution in [0.5, 0.6) is 0 Å². The molecule has 3 aliphatic rings. The number of carbonyl (C=O) groups excluding carboxylic acids is 2. The molecule has 27 heavy (non-hydrogen) atoms. The molecule has 1 saturated carbocycles. The Hall–Kier alpha value is -2.15. The predicted molar refractivity (Wildman–Crippen MR) is 103 cm³/mol. The van der Waals surface area contributed by atoms with Crippen molar-refractivity contribution in [3.05, 3.63) is 28.2 Å². The van der Waals surface area contributed by atoms with E-state index in [1.165, 1.54) is 17.8 Å². The zero-order valence-corrected chi connectivity index (χ0v) is 15.9. The molecule has 4 N–H and O–H groups in total. The number of thiophene rings is 1. The molecule has 7 heteroatoms. The monoisotopic (exact) mass is 388 g/mol. The molecule has 1 aromatic heterocycles. The highest BCUT2D eigenvalue weighted by Crippen LogP contribution is 2.49. The Kier molecular flexibility index (Phi) is 4.80. The number of hydrogen-bond donors (Lipinski definition) is 3. The summed E-state index contributed by atoms with van der Waals surface area (Å²) in [6.45, 7) is 0. The Morgan fingerprint density at radius 1 is 1.04 bits per heavy atom. The summed E-state index contributed by atoms with van der Waals surface area (Å²) in [6.07, 6.45) is 10.6. The molecule has 0 unspecified atom stereocenters. The zero-order valence-electron chi connectivity index (χ0n) is 15.1. The molecule has 1 aromatic rings. The number of carbonyl (C=O) groups is 3. The number of carboxylic acids is 1. The predicted octanol–water partition coefficient (Wildman–Crippen LogP) is 2.97. The van der Waals surface area contributed by atoms with Gasteiger partial charge in [0.05, 0.1) is 17.4 Å². The number of primary amides is 1. The highest BCUT2D eigenvalue weighted by molar-refractivity contribution is 7.17. The number of nitrogens with one attached hydrogen (secondary N) is 1. The number of hydrogen-bond acceptors (Lipinski definition) is 4. The van der Waals surface area contributed by atoms with Crippen LogP contribution in [0.4, 0.5) is 5.00 Å². The summed E-state index contributed by atoms with van der Waals surface area (Å²) in [5.74, 6) is -3.18. The van der Waals surface area contributed by atoms with Crippen molar-refractivity contribution in [1.82, 2.24) is 0 Å². The van der Waals surface area contributed by atoms with Crippen molar-refractivity contribution in [2.24, 2.45) is 29.4 Å². The third-order valence-electron chi connectivity index (χ3n) is 6.20. The lowest BCUT2D eigenvalue weighted by Gasteiger charge is -2.23. The highest BCUT2D eigenvalue weighted by Gasteiger charge is 2.51. The van der Waals surface area contributed by atoms with E-state index in [0.29, 0.717) is 17.0 Å². The Morgan fingerprint density at radius 3 is 2.37 bits per heavy atom. The summed E-state index contributed by atoms with van der Waals surface area (Å²) >= 11 is 1.43. The molecule has 144 valence electrons. The zero-order chi connectivity index (χ0) is 19.1. The fourth-order valence-electron chi connectivity index (χ4n) is 4.98. The van der Waals surface area contributed by atoms with Gasteiger partial charge >= 0.3 is 5.97 Å². The summed E-state index contributed by atoms with van der Waals surface area (Å²) in [7, 11) is 0. The Morgan fingerprint density at radius 2 is 1.70 bits per heavy atom. The first-order chi connectivity index (χ1) is 13.0. The second kappa shape index (κ2) is 7.11. The molecule has 0 spiro atoms. The lowest BCUT2D eigenvalue weighted by molar-refractivity contribution is -0.146. The first kappa shape index (κ1) is 18.2. The van der Waals surface area contributed by atoms with Crippen LogP contribution < -0.4 is 11.1 Å². The number of aliphatic carboxylic acids is 1. The van der Waals surface area contributed by atoms with E-state index in [9.17, 15) is 19.5 Å². The van der Waals surface area contributed by atoms with E-state index < -0.39 is 23.7 Å². The van der Waals surface area contributed by atoms with Gasteiger partial charge in [0.2, 0.25) is 5.91 Å². The van der Waals surface area contributed by atoms with E-state index in [4.69, 9.17) is 5.73 Å². The SMILES string of the molecule is NC(=O)c1c(NC(=O)[C@@H]2[C@@H](C(=O)O)[C@H]3C=C[C@@H]2C3)sc2c1CCCCCC2. The minimum atomic E-state index is -0.930. The molecule has 3 aliphatic carbocycles. The molecule has 2 bridgehead atoms. The minimum Gasteiger partial charge on any atom is -0.481 e. The average Bonchev–Trinajstić information content (AvgIpc) is 3.27. The second-order valence-corrected chi connectivity index (χ2v) is 8.92. The van der Waals surface area contributed by atoms with Gasteiger partial charge in [0.1, 0.15) is 5.00 Å². The standard InChI is InChI=1S/C20H24N2O4S/c21-17(23)16-12-5-3-1-2-4-6-13(12)27-19(16)22-18(24)14-10-7-8-11(9-10)15(14)20(25)26/h7-8,10-11,14-15H,1-6,9H2,(H2,21,23)(H,22,24)(H,25,26)/t10-,11+,14+,15+/m1/s1. The Labute approximate surface area is 161 Å². The van der Waals surface area contributed by atoms with E-state index in [2.05, 4.69) is 5.32 Å². The van der Waals surface area contributed by atoms with Crippen LogP contribution in [0.2, 0.25) is 0 Å². The van der Waals surface area contributed by atoms with Crippen LogP contribution in [0, 0.1) is 23.7 Å². The first-order valence-corrected chi connectivity index (χ1v) is 10.5. The van der Waals surface area contributed by atoms with Crippen LogP contribution in [-0.2, 0) is 22.4 Å². The molecule has 2 amide bonds. The number of fused-ring (bicyclic) bond motifs is 3. The number of amides is 2. The molecule has 0 saturated heterocycles. The van der Waals surface area contributed by atoms with Crippen molar-refractivity contribution < 1.29 is 19.5 Å². The first-order valence-electron chi connectivity index (χ1n) is 9.63. The van der Waals surface area contributed by atoms with E-state index in [1.807, 2.05) is 12.2 Å². The topological polar surface area (TPSA) is 109 Å². The van der Waals surface area contributed by atoms with Gasteiger partial charge in [0, 0.05) is 4.88 Å². The van der Waals surface area contributed by atoms with Crippen molar-refractivity contribution >= 4 is 34.1 Å². The van der Waals surface area contributed by atoms with Gasteiger partial charge in [-0.25, -0.2) is 0 Å². The third kappa shape index (κ3) is 3.18. The maximum absolute atomic E-state index is 13.0. The Balaban J connectivity index is 1.63. The molecule has 0 aliphatic heterocycles. The average molecular weight is 388 g/mol. The lowest BCUT2D eigenvalue weighted by atomic mass is 9.82. The lowest BCUT2D eigenvalue weighted by Crippen LogP contribution is -2.36. The minimum absolute atomic E-state index is 0.0471. The molecular weight excluding hydrogens is 364 g/mol. The normalized spacial score (nSPS) is 29.0. The molecular formula is C20H24N2O4S. The van der Waals surface area contributed by atoms with Gasteiger partial charge in [-0.3, -0.25) is 14.4 Å². The summed E-state index contributed by atoms with van der Waals surface area (Å²) in [4.78, 5) is 37.9. The maximum atomic E-state index is 13.0. The summed E-state index contributed by atoms with van der Waals surface area (Å²) < 4.78 is 0. The van der Waals surface area contributed by atoms with E-state index in [0.717, 1.165) is 42.5 Å². The second-order valence-electron chi connectivity index (χ2n) is 7.81. The van der Waals surface area contributed by atoms with Gasteiger partial charge in [0.25, 0.3) is 5.91 Å². The van der Waals surface area contributed by atoms with Crippen LogP contribution in [-0.4, -0.2) is 22.9 Å². The number of rotatable bonds is 4. The maximum Gasteiger partial charge on any atom is 0.307 e. The van der Waals surface area contributed by atoms with E-state index in [-0.39, 0.29) is 17.7 Å². The third-order valence-corrected chi connectivity index (χ3v) is 7.41. The van der Waals surface area contributed by atoms with Crippen LogP contribution in [0.25, 0.3) is 0 Å². The number of nitrogens with two attached hydrogens (primary N) is 1. The van der Waals surface area contributed by atoms with Crippen LogP contribution in [0.15, 0.2) is 12.2 Å². The molecule has 4 atom stereocenters. The Bertz CT molecular complexity index is 828. The van der Waals surface area contributed by atoms with Crippen LogP contribution in [0.3, 0.4) is 0 Å². The van der Waals surface area contributed by atoms with E-state index >= 15 is 0 Å². The molecule has 6 nitrogen and oxygen atoms in total. The van der Waals surface area contributed by atoms with Crippen molar-refractivity contribution in [3.8, 4) is 0 Å². The van der Waals surface area contributed by atoms with Gasteiger partial charge in [-0.2, -0.15) is 0 Å². The summed E-state index contributed by atoms with van der Waals surface area (Å²) in [5.41, 5.74) is 7.05. The molecule has 0 radical (unpaired) electrons. The van der Waals surface area contributed by atoms with Crippen LogP contribution >= 0.6 is 11.3 Å². The summed E-state index contributed by atoms with van der Waals surface area (Å²) in [6, 6.07) is 0. The quantitative estimate of drug-likeness (QED) is 0.689. The molecule has 1 heterocycles. The highest BCUT2D eigenvalue weighted by atomic mass is 32.1. The van der Waals surface area contributed by atoms with Gasteiger partial charge in [0.15, 0.2) is 0 Å². The van der Waals surface area contributed by atoms with Gasteiger partial charge < -0.3 is 16.2 Å². The number of carboxylic acid groups (broad SMARTS) is 1. The number of allylic oxidation sites excluding steroid dienone is 2.